The summed E-state index contributed by atoms with van der Waals surface area (Å²) in [4.78, 5) is 0. The minimum absolute atomic E-state index is 0.227. The van der Waals surface area contributed by atoms with Gasteiger partial charge in [0, 0.05) is 21.1 Å². The van der Waals surface area contributed by atoms with Crippen LogP contribution in [0.25, 0.3) is 0 Å². The van der Waals surface area contributed by atoms with Crippen molar-refractivity contribution < 1.29 is 4.74 Å². The molecule has 2 aromatic rings. The fourth-order valence-electron chi connectivity index (χ4n) is 1.87. The predicted octanol–water partition coefficient (Wildman–Crippen LogP) is 5.22. The molecule has 0 aliphatic carbocycles. The Bertz CT molecular complexity index is 604. The zero-order valence-corrected chi connectivity index (χ0v) is 13.9. The summed E-state index contributed by atoms with van der Waals surface area (Å²) in [6.07, 6.45) is -0.359. The quantitative estimate of drug-likeness (QED) is 0.795. The number of halogens is 3. The number of benzene rings is 2. The summed E-state index contributed by atoms with van der Waals surface area (Å²) < 4.78 is 6.86. The van der Waals surface area contributed by atoms with Gasteiger partial charge >= 0.3 is 0 Å². The molecule has 20 heavy (non-hydrogen) atoms. The van der Waals surface area contributed by atoms with E-state index in [0.29, 0.717) is 15.8 Å². The molecular formula is C15H14BrCl2NO. The molecule has 2 rings (SSSR count). The van der Waals surface area contributed by atoms with Crippen LogP contribution in [0.5, 0.6) is 5.75 Å². The van der Waals surface area contributed by atoms with Crippen molar-refractivity contribution in [1.82, 2.24) is 0 Å². The lowest BCUT2D eigenvalue weighted by Crippen LogP contribution is -2.29. The Balaban J connectivity index is 2.33. The average Bonchev–Trinajstić information content (AvgIpc) is 2.39. The SMILES string of the molecule is CC(N)C(Oc1ccc(Br)cc1Cl)c1ccccc1Cl. The van der Waals surface area contributed by atoms with Crippen molar-refractivity contribution in [1.29, 1.82) is 0 Å². The predicted molar refractivity (Wildman–Crippen MR) is 87.6 cm³/mol. The topological polar surface area (TPSA) is 35.2 Å². The third-order valence-electron chi connectivity index (χ3n) is 2.84. The summed E-state index contributed by atoms with van der Waals surface area (Å²) >= 11 is 15.8. The van der Waals surface area contributed by atoms with E-state index >= 15 is 0 Å². The first-order valence-corrected chi connectivity index (χ1v) is 7.65. The van der Waals surface area contributed by atoms with E-state index in [1.54, 1.807) is 12.1 Å². The molecule has 2 aromatic carbocycles. The van der Waals surface area contributed by atoms with Gasteiger partial charge in [0.15, 0.2) is 0 Å². The van der Waals surface area contributed by atoms with E-state index in [0.717, 1.165) is 10.0 Å². The molecule has 0 bridgehead atoms. The molecule has 2 unspecified atom stereocenters. The van der Waals surface area contributed by atoms with Crippen molar-refractivity contribution in [2.75, 3.05) is 0 Å². The van der Waals surface area contributed by atoms with Crippen LogP contribution in [0, 0.1) is 0 Å². The maximum Gasteiger partial charge on any atom is 0.140 e. The Morgan fingerprint density at radius 2 is 1.80 bits per heavy atom. The van der Waals surface area contributed by atoms with Crippen LogP contribution in [0.1, 0.15) is 18.6 Å². The minimum atomic E-state index is -0.359. The van der Waals surface area contributed by atoms with Gasteiger partial charge in [-0.25, -0.2) is 0 Å². The van der Waals surface area contributed by atoms with Gasteiger partial charge in [-0.1, -0.05) is 57.3 Å². The lowest BCUT2D eigenvalue weighted by molar-refractivity contribution is 0.180. The van der Waals surface area contributed by atoms with Gasteiger partial charge in [-0.05, 0) is 31.2 Å². The highest BCUT2D eigenvalue weighted by Gasteiger charge is 2.21. The van der Waals surface area contributed by atoms with Crippen LogP contribution in [0.3, 0.4) is 0 Å². The Labute approximate surface area is 137 Å². The highest BCUT2D eigenvalue weighted by atomic mass is 79.9. The monoisotopic (exact) mass is 373 g/mol. The summed E-state index contributed by atoms with van der Waals surface area (Å²) in [5, 5.41) is 1.15. The number of nitrogens with two attached hydrogens (primary N) is 1. The number of hydrogen-bond donors (Lipinski definition) is 1. The summed E-state index contributed by atoms with van der Waals surface area (Å²) in [6.45, 7) is 1.88. The van der Waals surface area contributed by atoms with E-state index in [1.807, 2.05) is 37.3 Å². The Kier molecular flexibility index (Phi) is 5.33. The molecule has 0 saturated heterocycles. The molecule has 0 spiro atoms. The third kappa shape index (κ3) is 3.67. The fraction of sp³-hybridized carbons (Fsp3) is 0.200. The molecule has 0 saturated carbocycles. The maximum atomic E-state index is 6.22. The normalized spacial score (nSPS) is 13.8. The van der Waals surface area contributed by atoms with Crippen molar-refractivity contribution in [3.8, 4) is 5.75 Å². The van der Waals surface area contributed by atoms with Crippen LogP contribution in [0.15, 0.2) is 46.9 Å². The molecule has 0 aromatic heterocycles. The van der Waals surface area contributed by atoms with Crippen molar-refractivity contribution in [2.45, 2.75) is 19.1 Å². The van der Waals surface area contributed by atoms with Crippen molar-refractivity contribution in [3.63, 3.8) is 0 Å². The molecule has 0 heterocycles. The van der Waals surface area contributed by atoms with Crippen LogP contribution in [0.2, 0.25) is 10.0 Å². The molecule has 0 radical (unpaired) electrons. The largest absolute Gasteiger partial charge is 0.482 e. The van der Waals surface area contributed by atoms with Gasteiger partial charge in [-0.15, -0.1) is 0 Å². The first-order valence-electron chi connectivity index (χ1n) is 6.10. The highest BCUT2D eigenvalue weighted by Crippen LogP contribution is 2.34. The second kappa shape index (κ2) is 6.81. The fourth-order valence-corrected chi connectivity index (χ4v) is 2.83. The number of hydrogen-bond acceptors (Lipinski definition) is 2. The average molecular weight is 375 g/mol. The van der Waals surface area contributed by atoms with Gasteiger partial charge in [-0.2, -0.15) is 0 Å². The van der Waals surface area contributed by atoms with Crippen LogP contribution >= 0.6 is 39.1 Å². The Hall–Kier alpha value is -0.740. The van der Waals surface area contributed by atoms with E-state index in [1.165, 1.54) is 0 Å². The molecule has 0 amide bonds. The zero-order chi connectivity index (χ0) is 14.7. The van der Waals surface area contributed by atoms with E-state index in [4.69, 9.17) is 33.7 Å². The highest BCUT2D eigenvalue weighted by molar-refractivity contribution is 9.10. The van der Waals surface area contributed by atoms with Gasteiger partial charge in [0.25, 0.3) is 0 Å². The standard InChI is InChI=1S/C15H14BrCl2NO/c1-9(19)15(11-4-2-3-5-12(11)17)20-14-7-6-10(16)8-13(14)18/h2-9,15H,19H2,1H3. The molecule has 0 aliphatic rings. The molecule has 0 fully saturated rings. The second-order valence-corrected chi connectivity index (χ2v) is 6.22. The summed E-state index contributed by atoms with van der Waals surface area (Å²) in [7, 11) is 0. The third-order valence-corrected chi connectivity index (χ3v) is 3.97. The van der Waals surface area contributed by atoms with E-state index in [-0.39, 0.29) is 12.1 Å². The summed E-state index contributed by atoms with van der Waals surface area (Å²) in [5.74, 6) is 0.581. The van der Waals surface area contributed by atoms with Crippen LogP contribution in [-0.4, -0.2) is 6.04 Å². The zero-order valence-electron chi connectivity index (χ0n) is 10.8. The van der Waals surface area contributed by atoms with Crippen molar-refractivity contribution in [2.24, 2.45) is 5.73 Å². The molecule has 5 heteroatoms. The Morgan fingerprint density at radius 1 is 1.10 bits per heavy atom. The smallest absolute Gasteiger partial charge is 0.140 e. The van der Waals surface area contributed by atoms with Gasteiger partial charge in [0.2, 0.25) is 0 Å². The second-order valence-electron chi connectivity index (χ2n) is 4.49. The molecular weight excluding hydrogens is 361 g/mol. The number of ether oxygens (including phenoxy) is 1. The van der Waals surface area contributed by atoms with Crippen LogP contribution in [0.4, 0.5) is 0 Å². The van der Waals surface area contributed by atoms with Crippen LogP contribution < -0.4 is 10.5 Å². The van der Waals surface area contributed by atoms with Gasteiger partial charge in [0.1, 0.15) is 11.9 Å². The van der Waals surface area contributed by atoms with Gasteiger partial charge in [0.05, 0.1) is 5.02 Å². The lowest BCUT2D eigenvalue weighted by Gasteiger charge is -2.24. The molecule has 2 N–H and O–H groups in total. The van der Waals surface area contributed by atoms with Crippen molar-refractivity contribution in [3.05, 3.63) is 62.5 Å². The minimum Gasteiger partial charge on any atom is -0.482 e. The lowest BCUT2D eigenvalue weighted by atomic mass is 10.0. The first kappa shape index (κ1) is 15.6. The van der Waals surface area contributed by atoms with E-state index < -0.39 is 0 Å². The van der Waals surface area contributed by atoms with Gasteiger partial charge in [-0.3, -0.25) is 0 Å². The first-order chi connectivity index (χ1) is 9.49. The molecule has 0 aliphatic heterocycles. The maximum absolute atomic E-state index is 6.22. The molecule has 106 valence electrons. The molecule has 2 atom stereocenters. The van der Waals surface area contributed by atoms with Crippen LogP contribution in [-0.2, 0) is 0 Å². The molecule has 2 nitrogen and oxygen atoms in total. The summed E-state index contributed by atoms with van der Waals surface area (Å²) in [6, 6.07) is 12.7. The number of rotatable bonds is 4. The summed E-state index contributed by atoms with van der Waals surface area (Å²) in [5.41, 5.74) is 6.88. The van der Waals surface area contributed by atoms with Gasteiger partial charge < -0.3 is 10.5 Å². The van der Waals surface area contributed by atoms with E-state index in [9.17, 15) is 0 Å². The van der Waals surface area contributed by atoms with E-state index in [2.05, 4.69) is 15.9 Å². The Morgan fingerprint density at radius 3 is 2.40 bits per heavy atom. The van der Waals surface area contributed by atoms with Crippen molar-refractivity contribution >= 4 is 39.1 Å².